The number of hydrogen-bond donors (Lipinski definition) is 2. The molecule has 0 spiro atoms. The Bertz CT molecular complexity index is 1490. The lowest BCUT2D eigenvalue weighted by molar-refractivity contribution is 0.0595. The highest BCUT2D eigenvalue weighted by Crippen LogP contribution is 2.26. The normalized spacial score (nSPS) is 20.7. The number of piperazine rings is 1. The molecule has 2 N–H and O–H groups in total. The summed E-state index contributed by atoms with van der Waals surface area (Å²) in [6, 6.07) is 14.8. The minimum absolute atomic E-state index is 0.0147. The molecule has 13 nitrogen and oxygen atoms in total. The van der Waals surface area contributed by atoms with E-state index in [1.165, 1.54) is 0 Å². The number of amides is 3. The molecule has 2 aromatic carbocycles. The summed E-state index contributed by atoms with van der Waals surface area (Å²) in [5, 5.41) is 5.73. The van der Waals surface area contributed by atoms with Crippen LogP contribution in [0, 0.1) is 0 Å². The topological polar surface area (TPSA) is 128 Å². The van der Waals surface area contributed by atoms with Crippen LogP contribution in [0.3, 0.4) is 0 Å². The van der Waals surface area contributed by atoms with Crippen LogP contribution < -0.4 is 20.4 Å². The maximum Gasteiger partial charge on any atom is 0.323 e. The number of aromatic nitrogens is 3. The van der Waals surface area contributed by atoms with Gasteiger partial charge >= 0.3 is 6.03 Å². The predicted octanol–water partition coefficient (Wildman–Crippen LogP) is 3.80. The SMILES string of the molecule is CC(C)N1CCN(C(=O)c2ccc(NC(=O)Nc3ccc(-c4nc(N5CCOC[C@H]5C)nc(N5CCOC[C@H]5C)n4)cc3)cc2)CC1. The third-order valence-electron chi connectivity index (χ3n) is 8.98. The Labute approximate surface area is 276 Å². The van der Waals surface area contributed by atoms with Gasteiger partial charge in [0.15, 0.2) is 5.82 Å². The lowest BCUT2D eigenvalue weighted by Crippen LogP contribution is -2.50. The van der Waals surface area contributed by atoms with Crippen molar-refractivity contribution in [2.75, 3.05) is 86.1 Å². The zero-order valence-electron chi connectivity index (χ0n) is 27.7. The Balaban J connectivity index is 1.10. The van der Waals surface area contributed by atoms with Crippen molar-refractivity contribution in [1.82, 2.24) is 24.8 Å². The van der Waals surface area contributed by atoms with E-state index in [-0.39, 0.29) is 24.0 Å². The highest BCUT2D eigenvalue weighted by molar-refractivity contribution is 6.00. The number of urea groups is 1. The van der Waals surface area contributed by atoms with Crippen molar-refractivity contribution in [2.45, 2.75) is 45.8 Å². The van der Waals surface area contributed by atoms with Gasteiger partial charge in [0.1, 0.15) is 0 Å². The summed E-state index contributed by atoms with van der Waals surface area (Å²) in [6.45, 7) is 15.6. The minimum atomic E-state index is -0.381. The Morgan fingerprint density at radius 1 is 0.723 bits per heavy atom. The van der Waals surface area contributed by atoms with Crippen molar-refractivity contribution >= 4 is 35.2 Å². The zero-order chi connectivity index (χ0) is 32.9. The molecule has 3 fully saturated rings. The fourth-order valence-corrected chi connectivity index (χ4v) is 6.10. The van der Waals surface area contributed by atoms with Crippen molar-refractivity contribution in [1.29, 1.82) is 0 Å². The molecular formula is C34H45N9O4. The first-order valence-electron chi connectivity index (χ1n) is 16.5. The monoisotopic (exact) mass is 643 g/mol. The molecule has 2 atom stereocenters. The van der Waals surface area contributed by atoms with Gasteiger partial charge in [0.25, 0.3) is 5.91 Å². The van der Waals surface area contributed by atoms with Crippen molar-refractivity contribution in [2.24, 2.45) is 0 Å². The third-order valence-corrected chi connectivity index (χ3v) is 8.98. The van der Waals surface area contributed by atoms with E-state index in [4.69, 9.17) is 24.4 Å². The van der Waals surface area contributed by atoms with Gasteiger partial charge in [0.05, 0.1) is 38.5 Å². The van der Waals surface area contributed by atoms with E-state index in [2.05, 4.69) is 53.0 Å². The molecule has 0 bridgehead atoms. The second-order valence-corrected chi connectivity index (χ2v) is 12.6. The number of benzene rings is 2. The smallest absolute Gasteiger partial charge is 0.323 e. The largest absolute Gasteiger partial charge is 0.377 e. The summed E-state index contributed by atoms with van der Waals surface area (Å²) in [7, 11) is 0. The molecule has 4 heterocycles. The van der Waals surface area contributed by atoms with Crippen LogP contribution in [0.25, 0.3) is 11.4 Å². The number of anilines is 4. The van der Waals surface area contributed by atoms with Crippen LogP contribution in [-0.4, -0.2) is 121 Å². The molecule has 1 aromatic heterocycles. The van der Waals surface area contributed by atoms with Gasteiger partial charge in [0, 0.05) is 67.8 Å². The summed E-state index contributed by atoms with van der Waals surface area (Å²) in [6.07, 6.45) is 0. The summed E-state index contributed by atoms with van der Waals surface area (Å²) >= 11 is 0. The highest BCUT2D eigenvalue weighted by atomic mass is 16.5. The van der Waals surface area contributed by atoms with Crippen LogP contribution in [0.5, 0.6) is 0 Å². The summed E-state index contributed by atoms with van der Waals surface area (Å²) in [4.78, 5) is 49.0. The fraction of sp³-hybridized carbons (Fsp3) is 0.500. The number of rotatable bonds is 7. The molecule has 250 valence electrons. The predicted molar refractivity (Wildman–Crippen MR) is 182 cm³/mol. The average Bonchev–Trinajstić information content (AvgIpc) is 3.09. The van der Waals surface area contributed by atoms with E-state index < -0.39 is 0 Å². The summed E-state index contributed by atoms with van der Waals surface area (Å²) in [5.74, 6) is 1.83. The van der Waals surface area contributed by atoms with Gasteiger partial charge in [-0.15, -0.1) is 0 Å². The first-order valence-corrected chi connectivity index (χ1v) is 16.5. The lowest BCUT2D eigenvalue weighted by Gasteiger charge is -2.37. The Morgan fingerprint density at radius 2 is 1.23 bits per heavy atom. The van der Waals surface area contributed by atoms with Gasteiger partial charge in [-0.1, -0.05) is 0 Å². The van der Waals surface area contributed by atoms with Gasteiger partial charge < -0.3 is 34.8 Å². The highest BCUT2D eigenvalue weighted by Gasteiger charge is 2.27. The number of ether oxygens (including phenoxy) is 2. The third kappa shape index (κ3) is 7.80. The summed E-state index contributed by atoms with van der Waals surface area (Å²) < 4.78 is 11.3. The molecule has 0 radical (unpaired) electrons. The Kier molecular flexibility index (Phi) is 10.1. The molecule has 3 aromatic rings. The molecule has 0 saturated carbocycles. The first-order chi connectivity index (χ1) is 22.7. The van der Waals surface area contributed by atoms with E-state index in [1.54, 1.807) is 24.3 Å². The van der Waals surface area contributed by atoms with E-state index in [0.717, 1.165) is 18.7 Å². The van der Waals surface area contributed by atoms with E-state index in [9.17, 15) is 9.59 Å². The van der Waals surface area contributed by atoms with Crippen LogP contribution in [0.1, 0.15) is 38.1 Å². The lowest BCUT2D eigenvalue weighted by atomic mass is 10.1. The number of nitrogens with one attached hydrogen (secondary N) is 2. The second kappa shape index (κ2) is 14.6. The van der Waals surface area contributed by atoms with E-state index in [0.29, 0.717) is 93.3 Å². The standard InChI is InChI=1S/C34H45N9O4/c1-23(2)40-13-15-41(16-14-40)31(44)27-7-11-29(12-8-27)36-34(45)35-28-9-5-26(6-10-28)30-37-32(42-17-19-46-21-24(42)3)39-33(38-30)43-18-20-47-22-25(43)4/h5-12,23-25H,13-22H2,1-4H3,(H2,35,36,45)/t24-,25-/m1/s1. The molecule has 3 aliphatic heterocycles. The number of morpholine rings is 2. The molecule has 3 aliphatic rings. The van der Waals surface area contributed by atoms with E-state index in [1.807, 2.05) is 29.2 Å². The molecule has 3 amide bonds. The fourth-order valence-electron chi connectivity index (χ4n) is 6.10. The molecule has 6 rings (SSSR count). The van der Waals surface area contributed by atoms with Gasteiger partial charge in [-0.25, -0.2) is 4.79 Å². The van der Waals surface area contributed by atoms with Crippen molar-refractivity contribution < 1.29 is 19.1 Å². The molecule has 0 aliphatic carbocycles. The number of carbonyl (C=O) groups is 2. The maximum absolute atomic E-state index is 13.0. The Morgan fingerprint density at radius 3 is 1.72 bits per heavy atom. The molecule has 47 heavy (non-hydrogen) atoms. The molecule has 13 heteroatoms. The maximum atomic E-state index is 13.0. The summed E-state index contributed by atoms with van der Waals surface area (Å²) in [5.41, 5.74) is 2.64. The van der Waals surface area contributed by atoms with Gasteiger partial charge in [-0.05, 0) is 76.2 Å². The first kappa shape index (κ1) is 32.6. The number of hydrogen-bond acceptors (Lipinski definition) is 10. The minimum Gasteiger partial charge on any atom is -0.377 e. The van der Waals surface area contributed by atoms with Crippen molar-refractivity contribution in [3.05, 3.63) is 54.1 Å². The average molecular weight is 644 g/mol. The van der Waals surface area contributed by atoms with Crippen LogP contribution in [0.4, 0.5) is 28.1 Å². The molecule has 3 saturated heterocycles. The van der Waals surface area contributed by atoms with Gasteiger partial charge in [-0.2, -0.15) is 15.0 Å². The van der Waals surface area contributed by atoms with Crippen LogP contribution >= 0.6 is 0 Å². The quantitative estimate of drug-likeness (QED) is 0.393. The van der Waals surface area contributed by atoms with Gasteiger partial charge in [-0.3, -0.25) is 9.69 Å². The number of carbonyl (C=O) groups excluding carboxylic acids is 2. The van der Waals surface area contributed by atoms with Crippen molar-refractivity contribution in [3.63, 3.8) is 0 Å². The second-order valence-electron chi connectivity index (χ2n) is 12.6. The molecule has 0 unspecified atom stereocenters. The van der Waals surface area contributed by atoms with Gasteiger partial charge in [0.2, 0.25) is 11.9 Å². The number of nitrogens with zero attached hydrogens (tertiary/aromatic N) is 7. The van der Waals surface area contributed by atoms with E-state index >= 15 is 0 Å². The van der Waals surface area contributed by atoms with Crippen LogP contribution in [0.15, 0.2) is 48.5 Å². The Hall–Kier alpha value is -4.33. The van der Waals surface area contributed by atoms with Crippen LogP contribution in [-0.2, 0) is 9.47 Å². The zero-order valence-corrected chi connectivity index (χ0v) is 27.7. The molecular weight excluding hydrogens is 598 g/mol. The van der Waals surface area contributed by atoms with Crippen LogP contribution in [0.2, 0.25) is 0 Å². The van der Waals surface area contributed by atoms with Crippen molar-refractivity contribution in [3.8, 4) is 11.4 Å².